The van der Waals surface area contributed by atoms with Gasteiger partial charge in [-0.2, -0.15) is 0 Å². The van der Waals surface area contributed by atoms with Gasteiger partial charge in [-0.25, -0.2) is 0 Å². The van der Waals surface area contributed by atoms with Gasteiger partial charge in [0.05, 0.1) is 17.0 Å². The zero-order chi connectivity index (χ0) is 13.2. The van der Waals surface area contributed by atoms with Crippen molar-refractivity contribution < 1.29 is 4.74 Å². The molecule has 0 N–H and O–H groups in total. The maximum atomic E-state index is 6.78. The zero-order valence-corrected chi connectivity index (χ0v) is 13.4. The first-order valence-electron chi connectivity index (χ1n) is 6.60. The van der Waals surface area contributed by atoms with Crippen molar-refractivity contribution in [3.63, 3.8) is 0 Å². The van der Waals surface area contributed by atoms with E-state index in [9.17, 15) is 0 Å². The number of ether oxygens (including phenoxy) is 1. The lowest BCUT2D eigenvalue weighted by atomic mass is 9.77. The van der Waals surface area contributed by atoms with Gasteiger partial charge < -0.3 is 4.74 Å². The lowest BCUT2D eigenvalue weighted by Gasteiger charge is -2.33. The minimum atomic E-state index is 0.104. The first kappa shape index (κ1) is 14.2. The molecule has 1 atom stereocenters. The van der Waals surface area contributed by atoms with Gasteiger partial charge in [0.25, 0.3) is 0 Å². The van der Waals surface area contributed by atoms with E-state index in [1.165, 1.54) is 31.2 Å². The van der Waals surface area contributed by atoms with Crippen molar-refractivity contribution in [2.75, 3.05) is 7.11 Å². The zero-order valence-electron chi connectivity index (χ0n) is 11.0. The maximum absolute atomic E-state index is 6.78. The van der Waals surface area contributed by atoms with Crippen LogP contribution in [-0.2, 0) is 0 Å². The van der Waals surface area contributed by atoms with Crippen LogP contribution in [0.15, 0.2) is 22.7 Å². The third-order valence-electron chi connectivity index (χ3n) is 4.31. The Hall–Kier alpha value is -0.210. The average Bonchev–Trinajstić information content (AvgIpc) is 2.87. The highest BCUT2D eigenvalue weighted by molar-refractivity contribution is 9.10. The van der Waals surface area contributed by atoms with Crippen LogP contribution in [0.3, 0.4) is 0 Å². The van der Waals surface area contributed by atoms with Gasteiger partial charge in [0.2, 0.25) is 0 Å². The highest BCUT2D eigenvalue weighted by Crippen LogP contribution is 2.53. The molecule has 1 aliphatic carbocycles. The molecule has 0 spiro atoms. The molecule has 1 fully saturated rings. The lowest BCUT2D eigenvalue weighted by molar-refractivity contribution is 0.271. The van der Waals surface area contributed by atoms with Gasteiger partial charge in [-0.3, -0.25) is 0 Å². The predicted molar refractivity (Wildman–Crippen MR) is 80.5 cm³/mol. The summed E-state index contributed by atoms with van der Waals surface area (Å²) in [6.45, 7) is 2.26. The first-order chi connectivity index (χ1) is 8.63. The molecular weight excluding hydrogens is 312 g/mol. The summed E-state index contributed by atoms with van der Waals surface area (Å²) < 4.78 is 6.25. The summed E-state index contributed by atoms with van der Waals surface area (Å²) in [5.41, 5.74) is 1.49. The van der Waals surface area contributed by atoms with Crippen LogP contribution >= 0.6 is 27.5 Å². The third-order valence-corrected chi connectivity index (χ3v) is 5.64. The second kappa shape index (κ2) is 5.83. The Balaban J connectivity index is 2.27. The Morgan fingerprint density at radius 3 is 2.56 bits per heavy atom. The Labute approximate surface area is 123 Å². The molecule has 18 heavy (non-hydrogen) atoms. The van der Waals surface area contributed by atoms with Crippen molar-refractivity contribution in [1.29, 1.82) is 0 Å². The fourth-order valence-electron chi connectivity index (χ4n) is 3.06. The van der Waals surface area contributed by atoms with Gasteiger partial charge in [0.15, 0.2) is 0 Å². The molecule has 1 unspecified atom stereocenters. The largest absolute Gasteiger partial charge is 0.496 e. The molecule has 0 amide bonds. The molecule has 0 heterocycles. The molecule has 1 aromatic carbocycles. The van der Waals surface area contributed by atoms with Crippen molar-refractivity contribution in [2.24, 2.45) is 5.41 Å². The van der Waals surface area contributed by atoms with E-state index >= 15 is 0 Å². The molecule has 1 aliphatic rings. The summed E-state index contributed by atoms with van der Waals surface area (Å²) in [6, 6.07) is 6.19. The minimum Gasteiger partial charge on any atom is -0.496 e. The second-order valence-electron chi connectivity index (χ2n) is 5.18. The molecule has 1 nitrogen and oxygen atoms in total. The SMILES string of the molecule is CCC1(C(Cl)c2ccc(OC)c(Br)c2)CCCC1. The Morgan fingerprint density at radius 2 is 2.06 bits per heavy atom. The highest BCUT2D eigenvalue weighted by atomic mass is 79.9. The monoisotopic (exact) mass is 330 g/mol. The van der Waals surface area contributed by atoms with E-state index < -0.39 is 0 Å². The number of alkyl halides is 1. The standard InChI is InChI=1S/C15H20BrClO/c1-3-15(8-4-5-9-15)14(17)11-6-7-13(18-2)12(16)10-11/h6-7,10,14H,3-5,8-9H2,1-2H3. The van der Waals surface area contributed by atoms with Crippen molar-refractivity contribution >= 4 is 27.5 Å². The summed E-state index contributed by atoms with van der Waals surface area (Å²) in [4.78, 5) is 0. The van der Waals surface area contributed by atoms with Crippen LogP contribution in [0.5, 0.6) is 5.75 Å². The van der Waals surface area contributed by atoms with E-state index in [-0.39, 0.29) is 10.8 Å². The van der Waals surface area contributed by atoms with Gasteiger partial charge in [-0.05, 0) is 58.3 Å². The number of rotatable bonds is 4. The van der Waals surface area contributed by atoms with Crippen molar-refractivity contribution in [3.8, 4) is 5.75 Å². The van der Waals surface area contributed by atoms with Crippen LogP contribution in [0.1, 0.15) is 50.0 Å². The van der Waals surface area contributed by atoms with Crippen LogP contribution in [0.25, 0.3) is 0 Å². The topological polar surface area (TPSA) is 9.23 Å². The molecule has 0 saturated heterocycles. The van der Waals surface area contributed by atoms with Gasteiger partial charge >= 0.3 is 0 Å². The summed E-state index contributed by atoms with van der Waals surface area (Å²) in [5.74, 6) is 0.861. The quantitative estimate of drug-likeness (QED) is 0.642. The number of methoxy groups -OCH3 is 1. The lowest BCUT2D eigenvalue weighted by Crippen LogP contribution is -2.21. The first-order valence-corrected chi connectivity index (χ1v) is 7.83. The van der Waals surface area contributed by atoms with Gasteiger partial charge in [-0.1, -0.05) is 25.8 Å². The molecule has 1 aromatic rings. The fraction of sp³-hybridized carbons (Fsp3) is 0.600. The second-order valence-corrected chi connectivity index (χ2v) is 6.47. The highest BCUT2D eigenvalue weighted by Gasteiger charge is 2.39. The van der Waals surface area contributed by atoms with Crippen LogP contribution < -0.4 is 4.74 Å². The molecule has 3 heteroatoms. The Kier molecular flexibility index (Phi) is 4.60. The van der Waals surface area contributed by atoms with E-state index in [1.807, 2.05) is 6.07 Å². The minimum absolute atomic E-state index is 0.104. The predicted octanol–water partition coefficient (Wildman–Crippen LogP) is 5.71. The smallest absolute Gasteiger partial charge is 0.133 e. The number of hydrogen-bond acceptors (Lipinski definition) is 1. The number of benzene rings is 1. The summed E-state index contributed by atoms with van der Waals surface area (Å²) in [7, 11) is 1.68. The van der Waals surface area contributed by atoms with Crippen molar-refractivity contribution in [3.05, 3.63) is 28.2 Å². The fourth-order valence-corrected chi connectivity index (χ4v) is 4.13. The molecule has 0 radical (unpaired) electrons. The van der Waals surface area contributed by atoms with Crippen molar-refractivity contribution in [1.82, 2.24) is 0 Å². The molecule has 0 bridgehead atoms. The van der Waals surface area contributed by atoms with E-state index in [0.717, 1.165) is 16.6 Å². The molecule has 100 valence electrons. The Morgan fingerprint density at radius 1 is 1.39 bits per heavy atom. The summed E-state index contributed by atoms with van der Waals surface area (Å²) >= 11 is 10.3. The number of halogens is 2. The third kappa shape index (κ3) is 2.55. The van der Waals surface area contributed by atoms with E-state index in [2.05, 4.69) is 35.0 Å². The molecule has 0 aliphatic heterocycles. The van der Waals surface area contributed by atoms with Crippen LogP contribution in [0, 0.1) is 5.41 Å². The normalized spacial score (nSPS) is 19.8. The molecular formula is C15H20BrClO. The maximum Gasteiger partial charge on any atom is 0.133 e. The van der Waals surface area contributed by atoms with Crippen molar-refractivity contribution in [2.45, 2.75) is 44.4 Å². The van der Waals surface area contributed by atoms with Gasteiger partial charge in [-0.15, -0.1) is 11.6 Å². The summed E-state index contributed by atoms with van der Waals surface area (Å²) in [6.07, 6.45) is 6.29. The van der Waals surface area contributed by atoms with Crippen LogP contribution in [-0.4, -0.2) is 7.11 Å². The van der Waals surface area contributed by atoms with Gasteiger partial charge in [0.1, 0.15) is 5.75 Å². The molecule has 2 rings (SSSR count). The number of hydrogen-bond donors (Lipinski definition) is 0. The van der Waals surface area contributed by atoms with E-state index in [4.69, 9.17) is 16.3 Å². The van der Waals surface area contributed by atoms with Gasteiger partial charge in [0, 0.05) is 0 Å². The average molecular weight is 332 g/mol. The summed E-state index contributed by atoms with van der Waals surface area (Å²) in [5, 5.41) is 0.104. The van der Waals surface area contributed by atoms with Crippen LogP contribution in [0.4, 0.5) is 0 Å². The molecule has 0 aromatic heterocycles. The van der Waals surface area contributed by atoms with Crippen LogP contribution in [0.2, 0.25) is 0 Å². The Bertz CT molecular complexity index is 413. The van der Waals surface area contributed by atoms with E-state index in [0.29, 0.717) is 0 Å². The molecule has 1 saturated carbocycles. The van der Waals surface area contributed by atoms with E-state index in [1.54, 1.807) is 7.11 Å².